The first kappa shape index (κ1) is 13.8. The Morgan fingerprint density at radius 1 is 1.21 bits per heavy atom. The fourth-order valence-corrected chi connectivity index (χ4v) is 3.19. The third kappa shape index (κ3) is 2.87. The molecule has 100 valence electrons. The largest absolute Gasteiger partial charge is 0.495 e. The van der Waals surface area contributed by atoms with E-state index in [-0.39, 0.29) is 5.78 Å². The maximum atomic E-state index is 12.4. The molecule has 0 saturated carbocycles. The summed E-state index contributed by atoms with van der Waals surface area (Å²) in [5, 5.41) is 1.89. The number of hydrogen-bond donors (Lipinski definition) is 0. The quantitative estimate of drug-likeness (QED) is 0.784. The fourth-order valence-electron chi connectivity index (χ4n) is 2.39. The highest BCUT2D eigenvalue weighted by atomic mass is 32.1. The van der Waals surface area contributed by atoms with Crippen molar-refractivity contribution in [2.24, 2.45) is 0 Å². The van der Waals surface area contributed by atoms with Crippen LogP contribution in [0.3, 0.4) is 0 Å². The number of carbonyl (C=O) groups excluding carboxylic acids is 1. The van der Waals surface area contributed by atoms with E-state index in [2.05, 4.69) is 32.9 Å². The summed E-state index contributed by atoms with van der Waals surface area (Å²) in [4.78, 5) is 13.1. The average molecular weight is 274 g/mol. The summed E-state index contributed by atoms with van der Waals surface area (Å²) >= 11 is 1.44. The maximum Gasteiger partial charge on any atom is 0.180 e. The highest BCUT2D eigenvalue weighted by Crippen LogP contribution is 2.27. The summed E-state index contributed by atoms with van der Waals surface area (Å²) in [6.45, 7) is 6.20. The second-order valence-electron chi connectivity index (χ2n) is 4.80. The van der Waals surface area contributed by atoms with Crippen LogP contribution in [-0.2, 0) is 6.42 Å². The van der Waals surface area contributed by atoms with Gasteiger partial charge in [0, 0.05) is 6.42 Å². The van der Waals surface area contributed by atoms with Gasteiger partial charge in [0.2, 0.25) is 0 Å². The smallest absolute Gasteiger partial charge is 0.180 e. The minimum atomic E-state index is 0.127. The lowest BCUT2D eigenvalue weighted by atomic mass is 9.95. The van der Waals surface area contributed by atoms with Gasteiger partial charge in [-0.1, -0.05) is 17.7 Å². The summed E-state index contributed by atoms with van der Waals surface area (Å²) in [5.74, 6) is 0.805. The van der Waals surface area contributed by atoms with Gasteiger partial charge in [0.05, 0.1) is 7.11 Å². The van der Waals surface area contributed by atoms with Gasteiger partial charge in [-0.15, -0.1) is 11.3 Å². The highest BCUT2D eigenvalue weighted by molar-refractivity contribution is 7.12. The zero-order valence-corrected chi connectivity index (χ0v) is 12.6. The van der Waals surface area contributed by atoms with Gasteiger partial charge in [-0.2, -0.15) is 0 Å². The minimum absolute atomic E-state index is 0.127. The molecule has 0 aliphatic heterocycles. The van der Waals surface area contributed by atoms with E-state index in [0.29, 0.717) is 17.0 Å². The van der Waals surface area contributed by atoms with Crippen LogP contribution in [-0.4, -0.2) is 12.9 Å². The van der Waals surface area contributed by atoms with Gasteiger partial charge < -0.3 is 4.74 Å². The van der Waals surface area contributed by atoms with Crippen LogP contribution in [0.1, 0.15) is 31.9 Å². The summed E-state index contributed by atoms with van der Waals surface area (Å²) in [5.41, 5.74) is 4.73. The monoisotopic (exact) mass is 274 g/mol. The van der Waals surface area contributed by atoms with Crippen molar-refractivity contribution in [2.75, 3.05) is 7.11 Å². The van der Waals surface area contributed by atoms with E-state index in [0.717, 1.165) is 5.56 Å². The number of carbonyl (C=O) groups is 1. The molecule has 0 radical (unpaired) electrons. The Hall–Kier alpha value is -1.61. The van der Waals surface area contributed by atoms with Gasteiger partial charge in [-0.3, -0.25) is 4.79 Å². The van der Waals surface area contributed by atoms with Gasteiger partial charge in [0.25, 0.3) is 0 Å². The Morgan fingerprint density at radius 3 is 2.42 bits per heavy atom. The molecule has 1 aromatic carbocycles. The van der Waals surface area contributed by atoms with Crippen molar-refractivity contribution in [2.45, 2.75) is 27.2 Å². The molecule has 1 aromatic heterocycles. The molecule has 0 spiro atoms. The van der Waals surface area contributed by atoms with E-state index >= 15 is 0 Å². The van der Waals surface area contributed by atoms with Crippen molar-refractivity contribution in [1.82, 2.24) is 0 Å². The fraction of sp³-hybridized carbons (Fsp3) is 0.312. The topological polar surface area (TPSA) is 26.3 Å². The second kappa shape index (κ2) is 5.57. The van der Waals surface area contributed by atoms with Gasteiger partial charge in [0.15, 0.2) is 5.78 Å². The Bertz CT molecular complexity index is 588. The van der Waals surface area contributed by atoms with Crippen LogP contribution >= 0.6 is 11.3 Å². The Balaban J connectivity index is 2.29. The van der Waals surface area contributed by atoms with Gasteiger partial charge in [-0.05, 0) is 48.9 Å². The van der Waals surface area contributed by atoms with Crippen LogP contribution in [0, 0.1) is 20.8 Å². The van der Waals surface area contributed by atoms with E-state index in [1.165, 1.54) is 28.0 Å². The van der Waals surface area contributed by atoms with Crippen LogP contribution in [0.25, 0.3) is 0 Å². The molecule has 2 rings (SSSR count). The molecule has 0 atom stereocenters. The molecule has 0 unspecified atom stereocenters. The third-order valence-electron chi connectivity index (χ3n) is 3.28. The van der Waals surface area contributed by atoms with Crippen LogP contribution in [0.15, 0.2) is 23.6 Å². The Labute approximate surface area is 118 Å². The van der Waals surface area contributed by atoms with Crippen molar-refractivity contribution in [3.8, 4) is 5.75 Å². The van der Waals surface area contributed by atoms with Crippen LogP contribution in [0.5, 0.6) is 5.75 Å². The molecule has 2 aromatic rings. The first-order valence-electron chi connectivity index (χ1n) is 6.24. The number of benzene rings is 1. The Kier molecular flexibility index (Phi) is 4.05. The molecule has 2 nitrogen and oxygen atoms in total. The number of rotatable bonds is 4. The molecule has 0 aliphatic rings. The predicted octanol–water partition coefficient (Wildman–Crippen LogP) is 4.11. The van der Waals surface area contributed by atoms with Crippen LogP contribution in [0.4, 0.5) is 0 Å². The standard InChI is InChI=1S/C16H18O2S/c1-10-7-11(2)13(12(3)8-10)9-14(17)16-15(18-4)5-6-19-16/h5-8H,9H2,1-4H3. The number of hydrogen-bond acceptors (Lipinski definition) is 3. The predicted molar refractivity (Wildman–Crippen MR) is 79.6 cm³/mol. The van der Waals surface area contributed by atoms with E-state index in [1.54, 1.807) is 7.11 Å². The van der Waals surface area contributed by atoms with E-state index < -0.39 is 0 Å². The molecule has 0 N–H and O–H groups in total. The molecule has 3 heteroatoms. The summed E-state index contributed by atoms with van der Waals surface area (Å²) in [7, 11) is 1.60. The zero-order valence-electron chi connectivity index (χ0n) is 11.7. The zero-order chi connectivity index (χ0) is 14.0. The van der Waals surface area contributed by atoms with Crippen LogP contribution in [0.2, 0.25) is 0 Å². The molecule has 19 heavy (non-hydrogen) atoms. The van der Waals surface area contributed by atoms with Crippen molar-refractivity contribution in [1.29, 1.82) is 0 Å². The molecule has 0 bridgehead atoms. The molecule has 0 aliphatic carbocycles. The minimum Gasteiger partial charge on any atom is -0.495 e. The molecule has 0 fully saturated rings. The molecular formula is C16H18O2S. The van der Waals surface area contributed by atoms with Crippen molar-refractivity contribution in [3.63, 3.8) is 0 Å². The van der Waals surface area contributed by atoms with Crippen LogP contribution < -0.4 is 4.74 Å². The summed E-state index contributed by atoms with van der Waals surface area (Å²) in [6.07, 6.45) is 0.439. The van der Waals surface area contributed by atoms with Gasteiger partial charge >= 0.3 is 0 Å². The first-order valence-corrected chi connectivity index (χ1v) is 7.12. The maximum absolute atomic E-state index is 12.4. The number of ketones is 1. The molecule has 0 saturated heterocycles. The average Bonchev–Trinajstić information content (AvgIpc) is 2.81. The van der Waals surface area contributed by atoms with E-state index in [4.69, 9.17) is 4.74 Å². The lowest BCUT2D eigenvalue weighted by Crippen LogP contribution is -2.06. The lowest BCUT2D eigenvalue weighted by Gasteiger charge is -2.10. The van der Waals surface area contributed by atoms with Crippen molar-refractivity contribution in [3.05, 3.63) is 50.7 Å². The van der Waals surface area contributed by atoms with Gasteiger partial charge in [0.1, 0.15) is 10.6 Å². The number of ether oxygens (including phenoxy) is 1. The first-order chi connectivity index (χ1) is 9.02. The number of aryl methyl sites for hydroxylation is 3. The third-order valence-corrected chi connectivity index (χ3v) is 4.22. The molecule has 1 heterocycles. The van der Waals surface area contributed by atoms with Crippen molar-refractivity contribution < 1.29 is 9.53 Å². The van der Waals surface area contributed by atoms with Gasteiger partial charge in [-0.25, -0.2) is 0 Å². The van der Waals surface area contributed by atoms with E-state index in [1.807, 2.05) is 11.4 Å². The van der Waals surface area contributed by atoms with Crippen molar-refractivity contribution >= 4 is 17.1 Å². The highest BCUT2D eigenvalue weighted by Gasteiger charge is 2.16. The number of Topliss-reactive ketones (excluding diaryl/α,β-unsaturated/α-hetero) is 1. The molecule has 0 amide bonds. The normalized spacial score (nSPS) is 10.5. The summed E-state index contributed by atoms with van der Waals surface area (Å²) in [6, 6.07) is 6.09. The summed E-state index contributed by atoms with van der Waals surface area (Å²) < 4.78 is 5.21. The SMILES string of the molecule is COc1ccsc1C(=O)Cc1c(C)cc(C)cc1C. The lowest BCUT2D eigenvalue weighted by molar-refractivity contribution is 0.0994. The number of thiophene rings is 1. The Morgan fingerprint density at radius 2 is 1.84 bits per heavy atom. The molecular weight excluding hydrogens is 256 g/mol. The van der Waals surface area contributed by atoms with E-state index in [9.17, 15) is 4.79 Å². The second-order valence-corrected chi connectivity index (χ2v) is 5.71. The number of methoxy groups -OCH3 is 1.